The molecule has 0 saturated carbocycles. The number of carbonyl (C=O) groups excluding carboxylic acids is 1. The zero-order valence-corrected chi connectivity index (χ0v) is 14.7. The average Bonchev–Trinajstić information content (AvgIpc) is 2.59. The molecule has 1 aromatic heterocycles. The Bertz CT molecular complexity index is 742. The van der Waals surface area contributed by atoms with Crippen LogP contribution in [0.4, 0.5) is 11.5 Å². The number of hydrogen-bond donors (Lipinski definition) is 1. The Morgan fingerprint density at radius 1 is 1.29 bits per heavy atom. The molecule has 1 N–H and O–H groups in total. The van der Waals surface area contributed by atoms with E-state index in [9.17, 15) is 4.79 Å². The van der Waals surface area contributed by atoms with Crippen LogP contribution in [0.15, 0.2) is 30.6 Å². The normalized spacial score (nSPS) is 15.4. The number of rotatable bonds is 3. The smallest absolute Gasteiger partial charge is 0.272 e. The predicted molar refractivity (Wildman–Crippen MR) is 95.8 cm³/mol. The number of piperidine rings is 1. The van der Waals surface area contributed by atoms with Gasteiger partial charge in [-0.1, -0.05) is 24.6 Å². The summed E-state index contributed by atoms with van der Waals surface area (Å²) in [6.45, 7) is 5.75. The maximum absolute atomic E-state index is 12.6. The molecule has 1 aromatic carbocycles. The van der Waals surface area contributed by atoms with Crippen molar-refractivity contribution in [2.45, 2.75) is 26.7 Å². The van der Waals surface area contributed by atoms with Crippen LogP contribution in [0.1, 0.15) is 35.8 Å². The van der Waals surface area contributed by atoms with E-state index in [4.69, 9.17) is 11.6 Å². The summed E-state index contributed by atoms with van der Waals surface area (Å²) in [4.78, 5) is 22.8. The van der Waals surface area contributed by atoms with Crippen molar-refractivity contribution in [2.24, 2.45) is 5.92 Å². The first-order valence-electron chi connectivity index (χ1n) is 8.18. The van der Waals surface area contributed by atoms with Gasteiger partial charge in [-0.15, -0.1) is 0 Å². The van der Waals surface area contributed by atoms with Crippen LogP contribution in [0, 0.1) is 12.8 Å². The lowest BCUT2D eigenvalue weighted by atomic mass is 9.99. The molecule has 126 valence electrons. The minimum Gasteiger partial charge on any atom is -0.340 e. The molecule has 0 aliphatic carbocycles. The standard InChI is InChI=1S/C18H21ClN4O/c1-12-6-8-23(9-7-12)18(24)16-10-17(21-11-20-16)22-15-5-3-4-14(19)13(15)2/h3-5,10-12H,6-9H2,1-2H3,(H,20,21,22). The van der Waals surface area contributed by atoms with Gasteiger partial charge in [-0.25, -0.2) is 9.97 Å². The summed E-state index contributed by atoms with van der Waals surface area (Å²) in [7, 11) is 0. The van der Waals surface area contributed by atoms with Gasteiger partial charge in [0.05, 0.1) is 0 Å². The summed E-state index contributed by atoms with van der Waals surface area (Å²) < 4.78 is 0. The molecule has 6 heteroatoms. The van der Waals surface area contributed by atoms with E-state index in [0.29, 0.717) is 22.5 Å². The molecule has 2 aromatic rings. The second kappa shape index (κ2) is 7.18. The third-order valence-corrected chi connectivity index (χ3v) is 4.90. The van der Waals surface area contributed by atoms with Gasteiger partial charge in [-0.05, 0) is 43.4 Å². The van der Waals surface area contributed by atoms with E-state index in [1.807, 2.05) is 30.0 Å². The molecular weight excluding hydrogens is 324 g/mol. The molecule has 0 atom stereocenters. The Morgan fingerprint density at radius 3 is 2.79 bits per heavy atom. The maximum Gasteiger partial charge on any atom is 0.272 e. The van der Waals surface area contributed by atoms with Gasteiger partial charge >= 0.3 is 0 Å². The molecule has 0 unspecified atom stereocenters. The Labute approximate surface area is 147 Å². The second-order valence-electron chi connectivity index (χ2n) is 6.30. The number of halogens is 1. The average molecular weight is 345 g/mol. The monoisotopic (exact) mass is 344 g/mol. The van der Waals surface area contributed by atoms with Crippen molar-refractivity contribution >= 4 is 29.0 Å². The van der Waals surface area contributed by atoms with Crippen molar-refractivity contribution in [1.82, 2.24) is 14.9 Å². The minimum absolute atomic E-state index is 0.0323. The number of anilines is 2. The number of nitrogens with one attached hydrogen (secondary N) is 1. The molecule has 2 heterocycles. The largest absolute Gasteiger partial charge is 0.340 e. The molecule has 0 spiro atoms. The highest BCUT2D eigenvalue weighted by Crippen LogP contribution is 2.25. The second-order valence-corrected chi connectivity index (χ2v) is 6.71. The highest BCUT2D eigenvalue weighted by Gasteiger charge is 2.22. The zero-order valence-electron chi connectivity index (χ0n) is 13.9. The molecular formula is C18H21ClN4O. The third kappa shape index (κ3) is 3.67. The Balaban J connectivity index is 1.76. The van der Waals surface area contributed by atoms with Crippen LogP contribution in [-0.2, 0) is 0 Å². The molecule has 1 aliphatic heterocycles. The van der Waals surface area contributed by atoms with E-state index in [1.54, 1.807) is 6.07 Å². The van der Waals surface area contributed by atoms with Gasteiger partial charge in [0.25, 0.3) is 5.91 Å². The summed E-state index contributed by atoms with van der Waals surface area (Å²) >= 11 is 6.14. The van der Waals surface area contributed by atoms with Crippen molar-refractivity contribution in [3.05, 3.63) is 46.9 Å². The van der Waals surface area contributed by atoms with Gasteiger partial charge in [0.15, 0.2) is 0 Å². The number of amides is 1. The number of nitrogens with zero attached hydrogens (tertiary/aromatic N) is 3. The number of likely N-dealkylation sites (tertiary alicyclic amines) is 1. The first-order chi connectivity index (χ1) is 11.5. The molecule has 0 bridgehead atoms. The number of aromatic nitrogens is 2. The van der Waals surface area contributed by atoms with Crippen molar-refractivity contribution in [3.63, 3.8) is 0 Å². The molecule has 1 fully saturated rings. The van der Waals surface area contributed by atoms with Crippen LogP contribution >= 0.6 is 11.6 Å². The molecule has 1 amide bonds. The van der Waals surface area contributed by atoms with Crippen LogP contribution in [0.2, 0.25) is 5.02 Å². The van der Waals surface area contributed by atoms with Gasteiger partial charge in [0.1, 0.15) is 17.8 Å². The SMILES string of the molecule is Cc1c(Cl)cccc1Nc1cc(C(=O)N2CCC(C)CC2)ncn1. The van der Waals surface area contributed by atoms with Crippen molar-refractivity contribution in [1.29, 1.82) is 0 Å². The maximum atomic E-state index is 12.6. The highest BCUT2D eigenvalue weighted by atomic mass is 35.5. The summed E-state index contributed by atoms with van der Waals surface area (Å²) in [6, 6.07) is 7.34. The summed E-state index contributed by atoms with van der Waals surface area (Å²) in [5.74, 6) is 1.24. The topological polar surface area (TPSA) is 58.1 Å². The van der Waals surface area contributed by atoms with E-state index in [2.05, 4.69) is 22.2 Å². The quantitative estimate of drug-likeness (QED) is 0.912. The molecule has 0 radical (unpaired) electrons. The van der Waals surface area contributed by atoms with Gasteiger partial charge in [0.2, 0.25) is 0 Å². The van der Waals surface area contributed by atoms with Crippen molar-refractivity contribution in [2.75, 3.05) is 18.4 Å². The number of hydrogen-bond acceptors (Lipinski definition) is 4. The van der Waals surface area contributed by atoms with E-state index < -0.39 is 0 Å². The van der Waals surface area contributed by atoms with Gasteiger partial charge < -0.3 is 10.2 Å². The van der Waals surface area contributed by atoms with Gasteiger partial charge in [0, 0.05) is 29.9 Å². The van der Waals surface area contributed by atoms with Crippen LogP contribution in [0.3, 0.4) is 0 Å². The summed E-state index contributed by atoms with van der Waals surface area (Å²) in [6.07, 6.45) is 3.51. The van der Waals surface area contributed by atoms with Crippen LogP contribution in [0.25, 0.3) is 0 Å². The Hall–Kier alpha value is -2.14. The van der Waals surface area contributed by atoms with Gasteiger partial charge in [-0.3, -0.25) is 4.79 Å². The summed E-state index contributed by atoms with van der Waals surface area (Å²) in [5.41, 5.74) is 2.23. The molecule has 5 nitrogen and oxygen atoms in total. The number of carbonyl (C=O) groups is 1. The minimum atomic E-state index is -0.0323. The zero-order chi connectivity index (χ0) is 17.1. The highest BCUT2D eigenvalue weighted by molar-refractivity contribution is 6.31. The fourth-order valence-corrected chi connectivity index (χ4v) is 2.97. The van der Waals surface area contributed by atoms with E-state index >= 15 is 0 Å². The van der Waals surface area contributed by atoms with Crippen LogP contribution in [-0.4, -0.2) is 33.9 Å². The van der Waals surface area contributed by atoms with Crippen molar-refractivity contribution < 1.29 is 4.79 Å². The fraction of sp³-hybridized carbons (Fsp3) is 0.389. The lowest BCUT2D eigenvalue weighted by Gasteiger charge is -2.30. The number of benzene rings is 1. The van der Waals surface area contributed by atoms with Crippen LogP contribution < -0.4 is 5.32 Å². The summed E-state index contributed by atoms with van der Waals surface area (Å²) in [5, 5.41) is 3.90. The Morgan fingerprint density at radius 2 is 2.04 bits per heavy atom. The van der Waals surface area contributed by atoms with E-state index in [1.165, 1.54) is 6.33 Å². The lowest BCUT2D eigenvalue weighted by Crippen LogP contribution is -2.38. The lowest BCUT2D eigenvalue weighted by molar-refractivity contribution is 0.0691. The van der Waals surface area contributed by atoms with E-state index in [0.717, 1.165) is 37.2 Å². The molecule has 3 rings (SSSR count). The third-order valence-electron chi connectivity index (χ3n) is 4.49. The fourth-order valence-electron chi connectivity index (χ4n) is 2.80. The van der Waals surface area contributed by atoms with Crippen LogP contribution in [0.5, 0.6) is 0 Å². The molecule has 24 heavy (non-hydrogen) atoms. The predicted octanol–water partition coefficient (Wildman–Crippen LogP) is 4.05. The molecule has 1 saturated heterocycles. The van der Waals surface area contributed by atoms with E-state index in [-0.39, 0.29) is 5.91 Å². The first-order valence-corrected chi connectivity index (χ1v) is 8.56. The first kappa shape index (κ1) is 16.7. The molecule has 1 aliphatic rings. The van der Waals surface area contributed by atoms with Crippen molar-refractivity contribution in [3.8, 4) is 0 Å². The Kier molecular flexibility index (Phi) is 5.00. The van der Waals surface area contributed by atoms with Gasteiger partial charge in [-0.2, -0.15) is 0 Å².